The zero-order chi connectivity index (χ0) is 12.7. The monoisotopic (exact) mass is 243 g/mol. The predicted molar refractivity (Wildman–Crippen MR) is 66.8 cm³/mol. The van der Waals surface area contributed by atoms with Crippen LogP contribution >= 0.6 is 0 Å². The summed E-state index contributed by atoms with van der Waals surface area (Å²) in [6.07, 6.45) is 4.81. The maximum atomic E-state index is 11.5. The molecule has 100 valence electrons. The Morgan fingerprint density at radius 3 is 2.88 bits per heavy atom. The molecule has 1 aliphatic rings. The number of esters is 1. The number of piperidine rings is 1. The van der Waals surface area contributed by atoms with Crippen molar-refractivity contribution in [2.45, 2.75) is 58.1 Å². The molecule has 0 saturated carbocycles. The molecule has 0 radical (unpaired) electrons. The summed E-state index contributed by atoms with van der Waals surface area (Å²) < 4.78 is 5.12. The van der Waals surface area contributed by atoms with Gasteiger partial charge in [-0.15, -0.1) is 0 Å². The molecular weight excluding hydrogens is 218 g/mol. The molecule has 0 bridgehead atoms. The first-order chi connectivity index (χ1) is 8.13. The minimum atomic E-state index is -0.117. The lowest BCUT2D eigenvalue weighted by Crippen LogP contribution is -2.41. The normalized spacial score (nSPS) is 21.8. The lowest BCUT2D eigenvalue weighted by molar-refractivity contribution is -0.147. The van der Waals surface area contributed by atoms with Crippen LogP contribution in [0.3, 0.4) is 0 Å². The third-order valence-corrected chi connectivity index (χ3v) is 3.18. The summed E-state index contributed by atoms with van der Waals surface area (Å²) in [5.74, 6) is -0.117. The van der Waals surface area contributed by atoms with E-state index < -0.39 is 0 Å². The van der Waals surface area contributed by atoms with Crippen LogP contribution in [0.1, 0.15) is 46.0 Å². The van der Waals surface area contributed by atoms with E-state index in [0.717, 1.165) is 25.9 Å². The van der Waals surface area contributed by atoms with Gasteiger partial charge in [-0.3, -0.25) is 9.69 Å². The van der Waals surface area contributed by atoms with Gasteiger partial charge >= 0.3 is 5.97 Å². The maximum absolute atomic E-state index is 11.5. The minimum Gasteiger partial charge on any atom is -0.463 e. The lowest BCUT2D eigenvalue weighted by Gasteiger charge is -2.35. The van der Waals surface area contributed by atoms with Gasteiger partial charge in [0.15, 0.2) is 0 Å². The zero-order valence-corrected chi connectivity index (χ0v) is 11.0. The number of carbonyl (C=O) groups excluding carboxylic acids is 1. The van der Waals surface area contributed by atoms with Gasteiger partial charge in [0.2, 0.25) is 0 Å². The Balaban J connectivity index is 2.30. The molecule has 4 heteroatoms. The van der Waals surface area contributed by atoms with Crippen LogP contribution in [0.2, 0.25) is 0 Å². The Labute approximate surface area is 104 Å². The fourth-order valence-electron chi connectivity index (χ4n) is 2.39. The molecule has 1 N–H and O–H groups in total. The Hall–Kier alpha value is -0.610. The fourth-order valence-corrected chi connectivity index (χ4v) is 2.39. The third kappa shape index (κ3) is 5.50. The van der Waals surface area contributed by atoms with Crippen LogP contribution in [0, 0.1) is 0 Å². The molecule has 0 aromatic rings. The molecule has 0 aromatic heterocycles. The van der Waals surface area contributed by atoms with E-state index in [2.05, 4.69) is 4.90 Å². The number of aliphatic hydroxyl groups is 1. The summed E-state index contributed by atoms with van der Waals surface area (Å²) >= 11 is 0. The molecule has 1 fully saturated rings. The van der Waals surface area contributed by atoms with Gasteiger partial charge in [-0.2, -0.15) is 0 Å². The molecule has 1 aliphatic heterocycles. The molecule has 1 rings (SSSR count). The maximum Gasteiger partial charge on any atom is 0.307 e. The number of likely N-dealkylation sites (tertiary alicyclic amines) is 1. The van der Waals surface area contributed by atoms with E-state index in [1.807, 2.05) is 13.8 Å². The Kier molecular flexibility index (Phi) is 6.52. The van der Waals surface area contributed by atoms with Crippen LogP contribution in [0.25, 0.3) is 0 Å². The molecule has 1 atom stereocenters. The summed E-state index contributed by atoms with van der Waals surface area (Å²) in [6, 6.07) is 0.445. The molecule has 1 saturated heterocycles. The number of aliphatic hydroxyl groups excluding tert-OH is 1. The number of carbonyl (C=O) groups is 1. The van der Waals surface area contributed by atoms with Crippen molar-refractivity contribution in [3.63, 3.8) is 0 Å². The zero-order valence-electron chi connectivity index (χ0n) is 11.0. The first-order valence-corrected chi connectivity index (χ1v) is 6.68. The van der Waals surface area contributed by atoms with Crippen LogP contribution in [0.15, 0.2) is 0 Å². The predicted octanol–water partition coefficient (Wildman–Crippen LogP) is 1.56. The molecule has 0 amide bonds. The van der Waals surface area contributed by atoms with E-state index in [4.69, 9.17) is 9.84 Å². The summed E-state index contributed by atoms with van der Waals surface area (Å²) in [5, 5.41) is 9.01. The van der Waals surface area contributed by atoms with E-state index in [9.17, 15) is 4.79 Å². The Bertz CT molecular complexity index is 229. The Morgan fingerprint density at radius 1 is 1.47 bits per heavy atom. The van der Waals surface area contributed by atoms with Crippen LogP contribution in [-0.2, 0) is 9.53 Å². The van der Waals surface area contributed by atoms with Crippen molar-refractivity contribution < 1.29 is 14.6 Å². The molecule has 17 heavy (non-hydrogen) atoms. The van der Waals surface area contributed by atoms with Gasteiger partial charge in [0.05, 0.1) is 12.5 Å². The second-order valence-corrected chi connectivity index (χ2v) is 4.99. The molecular formula is C13H25NO3. The van der Waals surface area contributed by atoms with Crippen molar-refractivity contribution in [3.05, 3.63) is 0 Å². The van der Waals surface area contributed by atoms with E-state index in [1.165, 1.54) is 12.8 Å². The molecule has 1 heterocycles. The summed E-state index contributed by atoms with van der Waals surface area (Å²) in [6.45, 7) is 5.77. The van der Waals surface area contributed by atoms with Gasteiger partial charge < -0.3 is 9.84 Å². The smallest absolute Gasteiger partial charge is 0.307 e. The van der Waals surface area contributed by atoms with Gasteiger partial charge in [0.1, 0.15) is 0 Å². The van der Waals surface area contributed by atoms with Gasteiger partial charge in [-0.25, -0.2) is 0 Å². The van der Waals surface area contributed by atoms with Gasteiger partial charge in [-0.05, 0) is 39.7 Å². The average Bonchev–Trinajstić information content (AvgIpc) is 2.27. The van der Waals surface area contributed by atoms with Crippen LogP contribution in [0.5, 0.6) is 0 Å². The second kappa shape index (κ2) is 7.67. The number of rotatable bonds is 6. The largest absolute Gasteiger partial charge is 0.463 e. The fraction of sp³-hybridized carbons (Fsp3) is 0.923. The average molecular weight is 243 g/mol. The highest BCUT2D eigenvalue weighted by Crippen LogP contribution is 2.19. The van der Waals surface area contributed by atoms with Crippen LogP contribution < -0.4 is 0 Å². The molecule has 0 aliphatic carbocycles. The first-order valence-electron chi connectivity index (χ1n) is 6.68. The number of nitrogens with zero attached hydrogens (tertiary/aromatic N) is 1. The van der Waals surface area contributed by atoms with E-state index >= 15 is 0 Å². The topological polar surface area (TPSA) is 49.8 Å². The van der Waals surface area contributed by atoms with Gasteiger partial charge in [-0.1, -0.05) is 6.42 Å². The highest BCUT2D eigenvalue weighted by Gasteiger charge is 2.22. The van der Waals surface area contributed by atoms with Gasteiger partial charge in [0.25, 0.3) is 0 Å². The van der Waals surface area contributed by atoms with Crippen molar-refractivity contribution in [2.75, 3.05) is 19.7 Å². The summed E-state index contributed by atoms with van der Waals surface area (Å²) in [5.41, 5.74) is 0. The first kappa shape index (κ1) is 14.5. The minimum absolute atomic E-state index is 0.0305. The quantitative estimate of drug-likeness (QED) is 0.719. The molecule has 0 aromatic carbocycles. The third-order valence-electron chi connectivity index (χ3n) is 3.18. The standard InChI is InChI=1S/C13H25NO3/c1-11(2)17-13(16)6-9-14-8-4-3-5-12(14)7-10-15/h11-12,15H,3-10H2,1-2H3. The van der Waals surface area contributed by atoms with E-state index in [1.54, 1.807) is 0 Å². The highest BCUT2D eigenvalue weighted by atomic mass is 16.5. The van der Waals surface area contributed by atoms with Crippen molar-refractivity contribution in [3.8, 4) is 0 Å². The van der Waals surface area contributed by atoms with Crippen molar-refractivity contribution in [1.82, 2.24) is 4.90 Å². The number of hydrogen-bond acceptors (Lipinski definition) is 4. The second-order valence-electron chi connectivity index (χ2n) is 4.99. The SMILES string of the molecule is CC(C)OC(=O)CCN1CCCCC1CCO. The molecule has 1 unspecified atom stereocenters. The molecule has 0 spiro atoms. The van der Waals surface area contributed by atoms with Crippen LogP contribution in [-0.4, -0.2) is 47.8 Å². The highest BCUT2D eigenvalue weighted by molar-refractivity contribution is 5.69. The number of ether oxygens (including phenoxy) is 1. The number of hydrogen-bond donors (Lipinski definition) is 1. The van der Waals surface area contributed by atoms with E-state index in [-0.39, 0.29) is 18.7 Å². The molecule has 4 nitrogen and oxygen atoms in total. The lowest BCUT2D eigenvalue weighted by atomic mass is 9.99. The summed E-state index contributed by atoms with van der Waals surface area (Å²) in [4.78, 5) is 13.8. The van der Waals surface area contributed by atoms with E-state index in [0.29, 0.717) is 12.5 Å². The van der Waals surface area contributed by atoms with Crippen molar-refractivity contribution in [2.24, 2.45) is 0 Å². The van der Waals surface area contributed by atoms with Crippen molar-refractivity contribution in [1.29, 1.82) is 0 Å². The van der Waals surface area contributed by atoms with Crippen LogP contribution in [0.4, 0.5) is 0 Å². The van der Waals surface area contributed by atoms with Gasteiger partial charge in [0, 0.05) is 19.2 Å². The van der Waals surface area contributed by atoms with Crippen molar-refractivity contribution >= 4 is 5.97 Å². The summed E-state index contributed by atoms with van der Waals surface area (Å²) in [7, 11) is 0. The Morgan fingerprint density at radius 2 is 2.24 bits per heavy atom.